The SMILES string of the molecule is C[N+]1(C)c2cc(-c3ccc(-c4cnco4)cc3)ccc2-c2c1cc(-c1ccc(-c3cnco3)cc1)c1ccccc21. The lowest BCUT2D eigenvalue weighted by molar-refractivity contribution is 0.569. The van der Waals surface area contributed by atoms with Gasteiger partial charge < -0.3 is 8.83 Å². The molecule has 0 N–H and O–H groups in total. The Morgan fingerprint density at radius 3 is 1.68 bits per heavy atom. The number of fused-ring (bicyclic) bond motifs is 5. The van der Waals surface area contributed by atoms with E-state index in [1.165, 1.54) is 68.3 Å². The Balaban J connectivity index is 1.24. The van der Waals surface area contributed by atoms with Gasteiger partial charge in [-0.25, -0.2) is 9.97 Å². The van der Waals surface area contributed by atoms with Crippen molar-refractivity contribution in [2.45, 2.75) is 0 Å². The monoisotopic (exact) mass is 532 g/mol. The Morgan fingerprint density at radius 2 is 1.07 bits per heavy atom. The van der Waals surface area contributed by atoms with Crippen molar-refractivity contribution in [1.82, 2.24) is 14.5 Å². The van der Waals surface area contributed by atoms with Crippen LogP contribution in [0.3, 0.4) is 0 Å². The first-order chi connectivity index (χ1) is 20.1. The van der Waals surface area contributed by atoms with Crippen molar-refractivity contribution >= 4 is 22.1 Å². The quantitative estimate of drug-likeness (QED) is 0.212. The van der Waals surface area contributed by atoms with E-state index in [9.17, 15) is 0 Å². The Hall–Kier alpha value is -5.26. The minimum Gasteiger partial charge on any atom is -0.444 e. The third kappa shape index (κ3) is 3.67. The van der Waals surface area contributed by atoms with Gasteiger partial charge in [-0.2, -0.15) is 0 Å². The highest BCUT2D eigenvalue weighted by atomic mass is 16.3. The molecule has 196 valence electrons. The Labute approximate surface area is 237 Å². The molecule has 1 aliphatic rings. The summed E-state index contributed by atoms with van der Waals surface area (Å²) in [5.74, 6) is 1.54. The number of nitrogens with zero attached hydrogens (tertiary/aromatic N) is 3. The second-order valence-electron chi connectivity index (χ2n) is 10.9. The van der Waals surface area contributed by atoms with Crippen molar-refractivity contribution < 1.29 is 8.83 Å². The van der Waals surface area contributed by atoms with Crippen LogP contribution >= 0.6 is 0 Å². The molecule has 0 amide bonds. The fourth-order valence-electron chi connectivity index (χ4n) is 6.20. The molecule has 0 saturated heterocycles. The smallest absolute Gasteiger partial charge is 0.181 e. The minimum atomic E-state index is 0.669. The van der Waals surface area contributed by atoms with Crippen LogP contribution in [-0.2, 0) is 0 Å². The normalized spacial score (nSPS) is 13.3. The van der Waals surface area contributed by atoms with Crippen LogP contribution < -0.4 is 4.48 Å². The molecular formula is C36H26N3O2+. The summed E-state index contributed by atoms with van der Waals surface area (Å²) < 4.78 is 11.6. The molecule has 0 fully saturated rings. The van der Waals surface area contributed by atoms with Gasteiger partial charge >= 0.3 is 0 Å². The van der Waals surface area contributed by atoms with Crippen molar-refractivity contribution in [1.29, 1.82) is 0 Å². The first kappa shape index (κ1) is 23.6. The molecule has 0 saturated carbocycles. The summed E-state index contributed by atoms with van der Waals surface area (Å²) in [5.41, 5.74) is 12.0. The van der Waals surface area contributed by atoms with Crippen LogP contribution in [0.2, 0.25) is 0 Å². The van der Waals surface area contributed by atoms with Crippen molar-refractivity contribution in [3.8, 4) is 56.0 Å². The van der Waals surface area contributed by atoms with E-state index in [1.807, 2.05) is 0 Å². The van der Waals surface area contributed by atoms with Gasteiger partial charge in [0, 0.05) is 28.8 Å². The van der Waals surface area contributed by atoms with Crippen LogP contribution in [0.25, 0.3) is 66.8 Å². The van der Waals surface area contributed by atoms with Gasteiger partial charge in [0.15, 0.2) is 24.3 Å². The maximum absolute atomic E-state index is 5.50. The number of aromatic nitrogens is 2. The number of hydrogen-bond acceptors (Lipinski definition) is 4. The Kier molecular flexibility index (Phi) is 5.11. The second kappa shape index (κ2) is 8.88. The number of hydrogen-bond donors (Lipinski definition) is 0. The maximum Gasteiger partial charge on any atom is 0.181 e. The maximum atomic E-state index is 5.50. The highest BCUT2D eigenvalue weighted by Gasteiger charge is 2.39. The molecule has 8 rings (SSSR count). The predicted octanol–water partition coefficient (Wildman–Crippen LogP) is 9.36. The van der Waals surface area contributed by atoms with Gasteiger partial charge in [0.25, 0.3) is 0 Å². The average Bonchev–Trinajstić information content (AvgIpc) is 3.79. The molecule has 41 heavy (non-hydrogen) atoms. The van der Waals surface area contributed by atoms with Gasteiger partial charge in [0.1, 0.15) is 11.4 Å². The van der Waals surface area contributed by atoms with Gasteiger partial charge in [-0.05, 0) is 39.1 Å². The zero-order chi connectivity index (χ0) is 27.6. The van der Waals surface area contributed by atoms with Crippen molar-refractivity contribution in [3.05, 3.63) is 122 Å². The summed E-state index contributed by atoms with van der Waals surface area (Å²) in [6, 6.07) is 35.1. The fraction of sp³-hybridized carbons (Fsp3) is 0.0556. The highest BCUT2D eigenvalue weighted by Crippen LogP contribution is 2.56. The van der Waals surface area contributed by atoms with Crippen LogP contribution in [0.15, 0.2) is 131 Å². The molecule has 3 heterocycles. The van der Waals surface area contributed by atoms with E-state index in [-0.39, 0.29) is 0 Å². The molecular weight excluding hydrogens is 506 g/mol. The summed E-state index contributed by atoms with van der Waals surface area (Å²) in [6.45, 7) is 0. The average molecular weight is 533 g/mol. The molecule has 0 unspecified atom stereocenters. The number of quaternary nitrogens is 1. The van der Waals surface area contributed by atoms with Crippen LogP contribution in [0.4, 0.5) is 11.4 Å². The van der Waals surface area contributed by atoms with E-state index in [0.717, 1.165) is 22.6 Å². The first-order valence-electron chi connectivity index (χ1n) is 13.6. The van der Waals surface area contributed by atoms with E-state index in [4.69, 9.17) is 8.83 Å². The lowest BCUT2D eigenvalue weighted by Gasteiger charge is -2.26. The third-order valence-electron chi connectivity index (χ3n) is 8.34. The zero-order valence-corrected chi connectivity index (χ0v) is 22.7. The lowest BCUT2D eigenvalue weighted by Crippen LogP contribution is -2.32. The number of rotatable bonds is 4. The van der Waals surface area contributed by atoms with Gasteiger partial charge in [-0.3, -0.25) is 4.48 Å². The molecule has 0 bridgehead atoms. The second-order valence-corrected chi connectivity index (χ2v) is 10.9. The van der Waals surface area contributed by atoms with Gasteiger partial charge in [-0.1, -0.05) is 78.9 Å². The van der Waals surface area contributed by atoms with Crippen molar-refractivity contribution in [2.75, 3.05) is 14.1 Å². The van der Waals surface area contributed by atoms with Gasteiger partial charge in [-0.15, -0.1) is 0 Å². The summed E-state index contributed by atoms with van der Waals surface area (Å²) in [4.78, 5) is 8.10. The molecule has 0 aliphatic carbocycles. The first-order valence-corrected chi connectivity index (χ1v) is 13.6. The molecule has 1 aliphatic heterocycles. The van der Waals surface area contributed by atoms with Gasteiger partial charge in [0.2, 0.25) is 0 Å². The Bertz CT molecular complexity index is 2040. The minimum absolute atomic E-state index is 0.669. The lowest BCUT2D eigenvalue weighted by atomic mass is 9.91. The van der Waals surface area contributed by atoms with Crippen molar-refractivity contribution in [3.63, 3.8) is 0 Å². The number of benzene rings is 5. The molecule has 5 nitrogen and oxygen atoms in total. The molecule has 2 aromatic heterocycles. The van der Waals surface area contributed by atoms with Crippen molar-refractivity contribution in [2.24, 2.45) is 0 Å². The fourth-order valence-corrected chi connectivity index (χ4v) is 6.20. The zero-order valence-electron chi connectivity index (χ0n) is 22.7. The highest BCUT2D eigenvalue weighted by molar-refractivity contribution is 6.14. The summed E-state index contributed by atoms with van der Waals surface area (Å²) >= 11 is 0. The third-order valence-corrected chi connectivity index (χ3v) is 8.34. The van der Waals surface area contributed by atoms with E-state index in [1.54, 1.807) is 12.4 Å². The van der Waals surface area contributed by atoms with Gasteiger partial charge in [0.05, 0.1) is 32.1 Å². The predicted molar refractivity (Wildman–Crippen MR) is 165 cm³/mol. The van der Waals surface area contributed by atoms with E-state index < -0.39 is 0 Å². The van der Waals surface area contributed by atoms with E-state index in [0.29, 0.717) is 4.48 Å². The molecule has 0 spiro atoms. The summed E-state index contributed by atoms with van der Waals surface area (Å²) in [5, 5.41) is 2.52. The van der Waals surface area contributed by atoms with Crippen LogP contribution in [0.1, 0.15) is 0 Å². The largest absolute Gasteiger partial charge is 0.444 e. The van der Waals surface area contributed by atoms with E-state index in [2.05, 4.69) is 121 Å². The van der Waals surface area contributed by atoms with E-state index >= 15 is 0 Å². The molecule has 5 aromatic carbocycles. The molecule has 0 radical (unpaired) electrons. The number of oxazole rings is 2. The molecule has 5 heteroatoms. The van der Waals surface area contributed by atoms with Crippen LogP contribution in [0, 0.1) is 0 Å². The van der Waals surface area contributed by atoms with Crippen LogP contribution in [-0.4, -0.2) is 24.1 Å². The molecule has 7 aromatic rings. The topological polar surface area (TPSA) is 52.1 Å². The standard InChI is InChI=1S/C36H26N3O2/c1-39(2)32-17-27(23-7-11-25(12-8-23)34-19-37-21-40-34)15-16-30(32)36-29-6-4-3-5-28(29)31(18-33(36)39)24-9-13-26(14-10-24)35-20-38-22-41-35/h3-22H,1-2H3/q+1. The van der Waals surface area contributed by atoms with Crippen LogP contribution in [0.5, 0.6) is 0 Å². The summed E-state index contributed by atoms with van der Waals surface area (Å²) in [6.07, 6.45) is 6.42. The Morgan fingerprint density at radius 1 is 0.512 bits per heavy atom. The molecule has 0 atom stereocenters. The summed E-state index contributed by atoms with van der Waals surface area (Å²) in [7, 11) is 4.57.